The topological polar surface area (TPSA) is 44.8 Å². The second-order valence-electron chi connectivity index (χ2n) is 6.03. The normalized spacial score (nSPS) is 25.9. The molecule has 2 fully saturated rings. The molecule has 2 saturated heterocycles. The van der Waals surface area contributed by atoms with Crippen LogP contribution in [0.4, 0.5) is 10.1 Å². The minimum absolute atomic E-state index is 0.0882. The third-order valence-corrected chi connectivity index (χ3v) is 4.42. The molecular formula is C16H22FN3O2. The Balaban J connectivity index is 1.46. The molecule has 5 nitrogen and oxygen atoms in total. The van der Waals surface area contributed by atoms with Gasteiger partial charge in [-0.25, -0.2) is 4.39 Å². The molecule has 120 valence electrons. The third kappa shape index (κ3) is 3.63. The Labute approximate surface area is 130 Å². The molecule has 0 aliphatic carbocycles. The number of benzene rings is 1. The van der Waals surface area contributed by atoms with Gasteiger partial charge in [-0.15, -0.1) is 0 Å². The van der Waals surface area contributed by atoms with Gasteiger partial charge in [0.2, 0.25) is 5.91 Å². The second-order valence-corrected chi connectivity index (χ2v) is 6.03. The van der Waals surface area contributed by atoms with Crippen LogP contribution in [0.25, 0.3) is 0 Å². The number of hydrogen-bond donors (Lipinski definition) is 1. The number of amides is 1. The van der Waals surface area contributed by atoms with Crippen molar-refractivity contribution < 1.29 is 13.9 Å². The van der Waals surface area contributed by atoms with Crippen molar-refractivity contribution in [2.24, 2.45) is 0 Å². The predicted octanol–water partition coefficient (Wildman–Crippen LogP) is 1.17. The zero-order valence-electron chi connectivity index (χ0n) is 12.8. The first-order valence-corrected chi connectivity index (χ1v) is 7.71. The van der Waals surface area contributed by atoms with Crippen LogP contribution in [0.3, 0.4) is 0 Å². The minimum atomic E-state index is -0.346. The van der Waals surface area contributed by atoms with Crippen LogP contribution in [0.2, 0.25) is 0 Å². The Hall–Kier alpha value is -1.50. The van der Waals surface area contributed by atoms with Crippen molar-refractivity contribution >= 4 is 11.6 Å². The Kier molecular flexibility index (Phi) is 4.71. The van der Waals surface area contributed by atoms with Crippen LogP contribution in [0.15, 0.2) is 24.3 Å². The van der Waals surface area contributed by atoms with Gasteiger partial charge in [0.15, 0.2) is 0 Å². The van der Waals surface area contributed by atoms with Crippen LogP contribution in [0.1, 0.15) is 6.42 Å². The largest absolute Gasteiger partial charge is 0.374 e. The van der Waals surface area contributed by atoms with Gasteiger partial charge in [0.25, 0.3) is 0 Å². The van der Waals surface area contributed by atoms with Crippen LogP contribution >= 0.6 is 0 Å². The van der Waals surface area contributed by atoms with Crippen molar-refractivity contribution in [3.63, 3.8) is 0 Å². The van der Waals surface area contributed by atoms with E-state index in [0.717, 1.165) is 26.2 Å². The number of morpholine rings is 1. The summed E-state index contributed by atoms with van der Waals surface area (Å²) >= 11 is 0. The SMILES string of the molecule is CN1CCO[C@@H]2CN(CCC(=O)Nc3cccc(F)c3)C[C@@H]21. The molecule has 2 aliphatic rings. The summed E-state index contributed by atoms with van der Waals surface area (Å²) in [7, 11) is 2.13. The highest BCUT2D eigenvalue weighted by molar-refractivity contribution is 5.90. The van der Waals surface area contributed by atoms with Gasteiger partial charge in [-0.05, 0) is 25.2 Å². The molecule has 3 rings (SSSR count). The summed E-state index contributed by atoms with van der Waals surface area (Å²) in [6, 6.07) is 6.39. The van der Waals surface area contributed by atoms with E-state index < -0.39 is 0 Å². The first-order valence-electron chi connectivity index (χ1n) is 7.71. The van der Waals surface area contributed by atoms with E-state index in [0.29, 0.717) is 24.7 Å². The number of halogens is 1. The summed E-state index contributed by atoms with van der Waals surface area (Å²) in [6.45, 7) is 4.27. The van der Waals surface area contributed by atoms with Crippen LogP contribution in [-0.4, -0.2) is 67.7 Å². The van der Waals surface area contributed by atoms with Crippen molar-refractivity contribution in [1.29, 1.82) is 0 Å². The molecule has 0 radical (unpaired) electrons. The van der Waals surface area contributed by atoms with Gasteiger partial charge in [-0.3, -0.25) is 14.6 Å². The zero-order chi connectivity index (χ0) is 15.5. The summed E-state index contributed by atoms with van der Waals surface area (Å²) in [4.78, 5) is 16.6. The molecule has 0 unspecified atom stereocenters. The number of anilines is 1. The number of rotatable bonds is 4. The number of hydrogen-bond acceptors (Lipinski definition) is 4. The molecule has 1 aromatic rings. The van der Waals surface area contributed by atoms with Crippen molar-refractivity contribution in [3.05, 3.63) is 30.1 Å². The molecule has 0 bridgehead atoms. The van der Waals surface area contributed by atoms with Gasteiger partial charge in [0.1, 0.15) is 5.82 Å². The third-order valence-electron chi connectivity index (χ3n) is 4.42. The van der Waals surface area contributed by atoms with E-state index >= 15 is 0 Å². The highest BCUT2D eigenvalue weighted by atomic mass is 19.1. The van der Waals surface area contributed by atoms with E-state index in [1.807, 2.05) is 0 Å². The van der Waals surface area contributed by atoms with Gasteiger partial charge in [-0.2, -0.15) is 0 Å². The van der Waals surface area contributed by atoms with Crippen molar-refractivity contribution in [1.82, 2.24) is 9.80 Å². The van der Waals surface area contributed by atoms with Gasteiger partial charge in [0, 0.05) is 44.3 Å². The highest BCUT2D eigenvalue weighted by Gasteiger charge is 2.38. The van der Waals surface area contributed by atoms with E-state index in [2.05, 4.69) is 22.2 Å². The van der Waals surface area contributed by atoms with Crippen LogP contribution in [-0.2, 0) is 9.53 Å². The average molecular weight is 307 g/mol. The first kappa shape index (κ1) is 15.4. The van der Waals surface area contributed by atoms with E-state index in [1.54, 1.807) is 12.1 Å². The Morgan fingerprint density at radius 3 is 3.09 bits per heavy atom. The van der Waals surface area contributed by atoms with Gasteiger partial charge in [0.05, 0.1) is 12.7 Å². The Morgan fingerprint density at radius 2 is 2.32 bits per heavy atom. The maximum absolute atomic E-state index is 13.1. The number of likely N-dealkylation sites (N-methyl/N-ethyl adjacent to an activating group) is 1. The average Bonchev–Trinajstić information content (AvgIpc) is 2.90. The molecule has 0 aromatic heterocycles. The van der Waals surface area contributed by atoms with Crippen LogP contribution < -0.4 is 5.32 Å². The number of likely N-dealkylation sites (tertiary alicyclic amines) is 1. The fraction of sp³-hybridized carbons (Fsp3) is 0.562. The lowest BCUT2D eigenvalue weighted by Gasteiger charge is -2.33. The van der Waals surface area contributed by atoms with Crippen molar-refractivity contribution in [2.45, 2.75) is 18.6 Å². The molecule has 2 aliphatic heterocycles. The smallest absolute Gasteiger partial charge is 0.225 e. The Bertz CT molecular complexity index is 540. The summed E-state index contributed by atoms with van der Waals surface area (Å²) in [6.07, 6.45) is 0.657. The number of nitrogens with one attached hydrogen (secondary N) is 1. The maximum Gasteiger partial charge on any atom is 0.225 e. The molecule has 6 heteroatoms. The summed E-state index contributed by atoms with van der Waals surface area (Å²) in [5, 5.41) is 2.73. The molecule has 2 atom stereocenters. The molecule has 1 N–H and O–H groups in total. The maximum atomic E-state index is 13.1. The quantitative estimate of drug-likeness (QED) is 0.907. The monoisotopic (exact) mass is 307 g/mol. The number of carbonyl (C=O) groups is 1. The number of ether oxygens (including phenoxy) is 1. The standard InChI is InChI=1S/C16H22FN3O2/c1-19-7-8-22-15-11-20(10-14(15)19)6-5-16(21)18-13-4-2-3-12(17)9-13/h2-4,9,14-15H,5-8,10-11H2,1H3,(H,18,21)/t14-,15+/m0/s1. The van der Waals surface area contributed by atoms with E-state index in [4.69, 9.17) is 4.74 Å². The fourth-order valence-corrected chi connectivity index (χ4v) is 3.17. The predicted molar refractivity (Wildman–Crippen MR) is 82.2 cm³/mol. The van der Waals surface area contributed by atoms with Gasteiger partial charge in [-0.1, -0.05) is 6.07 Å². The van der Waals surface area contributed by atoms with Crippen LogP contribution in [0.5, 0.6) is 0 Å². The highest BCUT2D eigenvalue weighted by Crippen LogP contribution is 2.21. The molecule has 0 saturated carbocycles. The molecule has 0 spiro atoms. The lowest BCUT2D eigenvalue weighted by atomic mass is 10.1. The van der Waals surface area contributed by atoms with Crippen molar-refractivity contribution in [3.8, 4) is 0 Å². The second kappa shape index (κ2) is 6.73. The Morgan fingerprint density at radius 1 is 1.45 bits per heavy atom. The van der Waals surface area contributed by atoms with Crippen molar-refractivity contribution in [2.75, 3.05) is 45.2 Å². The molecule has 22 heavy (non-hydrogen) atoms. The first-order chi connectivity index (χ1) is 10.6. The van der Waals surface area contributed by atoms with Gasteiger partial charge < -0.3 is 10.1 Å². The minimum Gasteiger partial charge on any atom is -0.374 e. The molecule has 1 aromatic carbocycles. The zero-order valence-corrected chi connectivity index (χ0v) is 12.8. The molecule has 2 heterocycles. The molecule has 1 amide bonds. The van der Waals surface area contributed by atoms with E-state index in [-0.39, 0.29) is 17.8 Å². The number of carbonyl (C=O) groups excluding carboxylic acids is 1. The summed E-state index contributed by atoms with van der Waals surface area (Å²) in [5.74, 6) is -0.434. The number of fused-ring (bicyclic) bond motifs is 1. The summed E-state index contributed by atoms with van der Waals surface area (Å²) < 4.78 is 18.9. The fourth-order valence-electron chi connectivity index (χ4n) is 3.17. The number of nitrogens with zero attached hydrogens (tertiary/aromatic N) is 2. The lowest BCUT2D eigenvalue weighted by molar-refractivity contribution is -0.116. The van der Waals surface area contributed by atoms with E-state index in [1.165, 1.54) is 12.1 Å². The lowest BCUT2D eigenvalue weighted by Crippen LogP contribution is -2.48. The molecular weight excluding hydrogens is 285 g/mol. The summed E-state index contributed by atoms with van der Waals surface area (Å²) in [5.41, 5.74) is 0.503. The van der Waals surface area contributed by atoms with Gasteiger partial charge >= 0.3 is 0 Å². The van der Waals surface area contributed by atoms with E-state index in [9.17, 15) is 9.18 Å². The van der Waals surface area contributed by atoms with Crippen LogP contribution in [0, 0.1) is 5.82 Å².